The minimum absolute atomic E-state index is 0.0871. The van der Waals surface area contributed by atoms with Crippen molar-refractivity contribution in [3.8, 4) is 0 Å². The van der Waals surface area contributed by atoms with Crippen LogP contribution in [0.2, 0.25) is 0 Å². The Labute approximate surface area is 124 Å². The van der Waals surface area contributed by atoms with Crippen molar-refractivity contribution in [1.29, 1.82) is 0 Å². The SMILES string of the molecule is Cc1csc(SCc2csc(CC(=O)N(C)C)n2)n1. The molecule has 0 N–H and O–H groups in total. The smallest absolute Gasteiger partial charge is 0.228 e. The van der Waals surface area contributed by atoms with Gasteiger partial charge < -0.3 is 4.90 Å². The summed E-state index contributed by atoms with van der Waals surface area (Å²) in [5.41, 5.74) is 2.08. The Balaban J connectivity index is 1.88. The normalized spacial score (nSPS) is 10.7. The van der Waals surface area contributed by atoms with Crippen LogP contribution in [0.1, 0.15) is 16.4 Å². The first kappa shape index (κ1) is 14.5. The van der Waals surface area contributed by atoms with Crippen LogP contribution in [0, 0.1) is 6.92 Å². The fourth-order valence-electron chi connectivity index (χ4n) is 1.32. The largest absolute Gasteiger partial charge is 0.348 e. The van der Waals surface area contributed by atoms with Gasteiger partial charge in [-0.05, 0) is 6.92 Å². The van der Waals surface area contributed by atoms with Gasteiger partial charge in [-0.3, -0.25) is 4.79 Å². The average molecular weight is 313 g/mol. The number of rotatable bonds is 5. The molecule has 1 amide bonds. The Morgan fingerprint density at radius 1 is 1.32 bits per heavy atom. The number of nitrogens with zero attached hydrogens (tertiary/aromatic N) is 3. The van der Waals surface area contributed by atoms with E-state index >= 15 is 0 Å². The second kappa shape index (κ2) is 6.49. The summed E-state index contributed by atoms with van der Waals surface area (Å²) >= 11 is 4.89. The van der Waals surface area contributed by atoms with Crippen molar-refractivity contribution >= 4 is 40.3 Å². The molecule has 0 aliphatic rings. The number of hydrogen-bond acceptors (Lipinski definition) is 6. The van der Waals surface area contributed by atoms with Crippen LogP contribution in [0.3, 0.4) is 0 Å². The zero-order valence-electron chi connectivity index (χ0n) is 11.0. The monoisotopic (exact) mass is 313 g/mol. The van der Waals surface area contributed by atoms with Crippen LogP contribution >= 0.6 is 34.4 Å². The molecule has 0 saturated carbocycles. The topological polar surface area (TPSA) is 46.1 Å². The minimum Gasteiger partial charge on any atom is -0.348 e. The van der Waals surface area contributed by atoms with Crippen LogP contribution in [0.25, 0.3) is 0 Å². The van der Waals surface area contributed by atoms with Gasteiger partial charge in [0, 0.05) is 36.3 Å². The molecular formula is C12H15N3OS3. The fourth-order valence-corrected chi connectivity index (χ4v) is 3.95. The van der Waals surface area contributed by atoms with Gasteiger partial charge in [0.1, 0.15) is 9.35 Å². The number of amides is 1. The summed E-state index contributed by atoms with van der Waals surface area (Å²) in [5, 5.41) is 4.95. The van der Waals surface area contributed by atoms with E-state index in [1.807, 2.05) is 17.7 Å². The Morgan fingerprint density at radius 2 is 2.11 bits per heavy atom. The maximum Gasteiger partial charge on any atom is 0.228 e. The molecule has 0 saturated heterocycles. The van der Waals surface area contributed by atoms with E-state index in [4.69, 9.17) is 0 Å². The second-order valence-electron chi connectivity index (χ2n) is 4.24. The lowest BCUT2D eigenvalue weighted by Crippen LogP contribution is -2.23. The summed E-state index contributed by atoms with van der Waals surface area (Å²) in [6.45, 7) is 1.99. The van der Waals surface area contributed by atoms with E-state index in [0.717, 1.165) is 26.5 Å². The molecule has 2 aromatic heterocycles. The molecule has 0 radical (unpaired) electrons. The molecule has 0 aliphatic carbocycles. The van der Waals surface area contributed by atoms with E-state index in [1.54, 1.807) is 53.4 Å². The molecule has 0 atom stereocenters. The number of thioether (sulfide) groups is 1. The number of aromatic nitrogens is 2. The fraction of sp³-hybridized carbons (Fsp3) is 0.417. The van der Waals surface area contributed by atoms with E-state index in [2.05, 4.69) is 9.97 Å². The summed E-state index contributed by atoms with van der Waals surface area (Å²) in [4.78, 5) is 22.1. The quantitative estimate of drug-likeness (QED) is 0.796. The van der Waals surface area contributed by atoms with Crippen LogP contribution in [-0.2, 0) is 17.0 Å². The molecule has 19 heavy (non-hydrogen) atoms. The first-order valence-corrected chi connectivity index (χ1v) is 8.47. The predicted octanol–water partition coefficient (Wildman–Crippen LogP) is 2.83. The standard InChI is InChI=1S/C12H15N3OS3/c1-8-5-18-12(13-8)19-7-9-6-17-10(14-9)4-11(16)15(2)3/h5-6H,4,7H2,1-3H3. The maximum absolute atomic E-state index is 11.6. The molecule has 7 heteroatoms. The molecule has 0 bridgehead atoms. The number of likely N-dealkylation sites (N-methyl/N-ethyl adjacent to an activating group) is 1. The van der Waals surface area contributed by atoms with Crippen molar-refractivity contribution in [3.63, 3.8) is 0 Å². The van der Waals surface area contributed by atoms with Gasteiger partial charge >= 0.3 is 0 Å². The van der Waals surface area contributed by atoms with Crippen molar-refractivity contribution in [2.24, 2.45) is 0 Å². The third kappa shape index (κ3) is 4.29. The zero-order valence-corrected chi connectivity index (χ0v) is 13.5. The molecule has 0 aromatic carbocycles. The number of thiazole rings is 2. The lowest BCUT2D eigenvalue weighted by molar-refractivity contribution is -0.127. The molecule has 2 heterocycles. The maximum atomic E-state index is 11.6. The van der Waals surface area contributed by atoms with Gasteiger partial charge in [0.25, 0.3) is 0 Å². The lowest BCUT2D eigenvalue weighted by Gasteiger charge is -2.07. The van der Waals surface area contributed by atoms with Crippen molar-refractivity contribution in [3.05, 3.63) is 27.2 Å². The molecule has 2 rings (SSSR count). The van der Waals surface area contributed by atoms with E-state index in [0.29, 0.717) is 6.42 Å². The van der Waals surface area contributed by atoms with E-state index in [-0.39, 0.29) is 5.91 Å². The molecule has 0 fully saturated rings. The summed E-state index contributed by atoms with van der Waals surface area (Å²) < 4.78 is 1.07. The number of carbonyl (C=O) groups excluding carboxylic acids is 1. The van der Waals surface area contributed by atoms with Gasteiger partial charge in [0.2, 0.25) is 5.91 Å². The van der Waals surface area contributed by atoms with Crippen LogP contribution in [0.4, 0.5) is 0 Å². The summed E-state index contributed by atoms with van der Waals surface area (Å²) in [6.07, 6.45) is 0.388. The molecule has 0 aliphatic heterocycles. The number of aryl methyl sites for hydroxylation is 1. The zero-order chi connectivity index (χ0) is 13.8. The molecule has 0 unspecified atom stereocenters. The Morgan fingerprint density at radius 3 is 2.74 bits per heavy atom. The summed E-state index contributed by atoms with van der Waals surface area (Å²) in [5.74, 6) is 0.892. The Hall–Kier alpha value is -0.920. The molecule has 2 aromatic rings. The van der Waals surface area contributed by atoms with Crippen LogP contribution in [0.5, 0.6) is 0 Å². The van der Waals surface area contributed by atoms with Gasteiger partial charge in [0.05, 0.1) is 12.1 Å². The number of hydrogen-bond donors (Lipinski definition) is 0. The number of carbonyl (C=O) groups is 1. The van der Waals surface area contributed by atoms with E-state index in [9.17, 15) is 4.79 Å². The van der Waals surface area contributed by atoms with Crippen LogP contribution < -0.4 is 0 Å². The highest BCUT2D eigenvalue weighted by Gasteiger charge is 2.10. The molecule has 4 nitrogen and oxygen atoms in total. The predicted molar refractivity (Wildman–Crippen MR) is 80.9 cm³/mol. The van der Waals surface area contributed by atoms with E-state index < -0.39 is 0 Å². The highest BCUT2D eigenvalue weighted by molar-refractivity contribution is 8.00. The first-order valence-electron chi connectivity index (χ1n) is 5.73. The Kier molecular flexibility index (Phi) is 4.95. The van der Waals surface area contributed by atoms with Crippen LogP contribution in [0.15, 0.2) is 15.1 Å². The average Bonchev–Trinajstić information content (AvgIpc) is 2.95. The Bertz CT molecular complexity index is 562. The van der Waals surface area contributed by atoms with Gasteiger partial charge in [-0.2, -0.15) is 0 Å². The summed E-state index contributed by atoms with van der Waals surface area (Å²) in [6, 6.07) is 0. The lowest BCUT2D eigenvalue weighted by atomic mass is 10.4. The second-order valence-corrected chi connectivity index (χ2v) is 7.26. The van der Waals surface area contributed by atoms with Gasteiger partial charge in [-0.1, -0.05) is 11.8 Å². The molecule has 0 spiro atoms. The first-order chi connectivity index (χ1) is 9.04. The highest BCUT2D eigenvalue weighted by Crippen LogP contribution is 2.26. The summed E-state index contributed by atoms with van der Waals surface area (Å²) in [7, 11) is 3.52. The van der Waals surface area contributed by atoms with Crippen molar-refractivity contribution in [1.82, 2.24) is 14.9 Å². The van der Waals surface area contributed by atoms with Gasteiger partial charge in [-0.15, -0.1) is 22.7 Å². The van der Waals surface area contributed by atoms with E-state index in [1.165, 1.54) is 0 Å². The third-order valence-electron chi connectivity index (χ3n) is 2.34. The van der Waals surface area contributed by atoms with Crippen molar-refractivity contribution in [2.45, 2.75) is 23.4 Å². The molecule has 102 valence electrons. The van der Waals surface area contributed by atoms with Crippen molar-refractivity contribution in [2.75, 3.05) is 14.1 Å². The molecular weight excluding hydrogens is 298 g/mol. The van der Waals surface area contributed by atoms with Gasteiger partial charge in [-0.25, -0.2) is 9.97 Å². The highest BCUT2D eigenvalue weighted by atomic mass is 32.2. The minimum atomic E-state index is 0.0871. The van der Waals surface area contributed by atoms with Gasteiger partial charge in [0.15, 0.2) is 0 Å². The third-order valence-corrected chi connectivity index (χ3v) is 5.41. The van der Waals surface area contributed by atoms with Crippen molar-refractivity contribution < 1.29 is 4.79 Å². The van der Waals surface area contributed by atoms with Crippen LogP contribution in [-0.4, -0.2) is 34.9 Å².